The first-order valence-electron chi connectivity index (χ1n) is 2.07. The number of hydrogen-bond acceptors (Lipinski definition) is 5. The van der Waals surface area contributed by atoms with Crippen molar-refractivity contribution in [3.63, 3.8) is 0 Å². The fourth-order valence-electron chi connectivity index (χ4n) is 0.413. The van der Waals surface area contributed by atoms with Gasteiger partial charge in [0.05, 0.1) is 5.22 Å². The van der Waals surface area contributed by atoms with E-state index in [2.05, 4.69) is 23.5 Å². The van der Waals surface area contributed by atoms with Crippen molar-refractivity contribution in [1.29, 1.82) is 0 Å². The van der Waals surface area contributed by atoms with Gasteiger partial charge in [0, 0.05) is 0 Å². The van der Waals surface area contributed by atoms with Gasteiger partial charge in [0.1, 0.15) is 0 Å². The number of hydrogen-bond donors (Lipinski definition) is 1. The number of rotatable bonds is 0. The Bertz CT molecular complexity index is 268. The van der Waals surface area contributed by atoms with Crippen LogP contribution in [0, 0.1) is 0 Å². The Labute approximate surface area is 58.4 Å². The fourth-order valence-corrected chi connectivity index (χ4v) is 1.07. The molecular formula is C2H3N3O2S2. The van der Waals surface area contributed by atoms with Crippen LogP contribution in [0.2, 0.25) is 0 Å². The van der Waals surface area contributed by atoms with Crippen molar-refractivity contribution >= 4 is 28.1 Å². The van der Waals surface area contributed by atoms with Gasteiger partial charge in [-0.15, -0.1) is 0 Å². The van der Waals surface area contributed by atoms with Crippen molar-refractivity contribution in [2.45, 2.75) is 0 Å². The maximum Gasteiger partial charge on any atom is 0.270 e. The molecule has 1 N–H and O–H groups in total. The average molecular weight is 165 g/mol. The van der Waals surface area contributed by atoms with Crippen molar-refractivity contribution in [2.24, 2.45) is 5.22 Å². The van der Waals surface area contributed by atoms with Crippen molar-refractivity contribution in [2.75, 3.05) is 6.54 Å². The van der Waals surface area contributed by atoms with Gasteiger partial charge in [-0.25, -0.2) is 4.10 Å². The molecule has 0 spiro atoms. The minimum Gasteiger partial charge on any atom is -0.526 e. The molecular weight excluding hydrogens is 162 g/mol. The Kier molecular flexibility index (Phi) is 1.63. The first-order valence-corrected chi connectivity index (χ1v) is 3.51. The van der Waals surface area contributed by atoms with Crippen LogP contribution < -0.4 is 5.43 Å². The summed E-state index contributed by atoms with van der Waals surface area (Å²) in [6.07, 6.45) is 0. The summed E-state index contributed by atoms with van der Waals surface area (Å²) < 4.78 is 21.2. The van der Waals surface area contributed by atoms with Gasteiger partial charge in [-0.05, 0) is 0 Å². The molecule has 1 heterocycles. The highest BCUT2D eigenvalue weighted by Crippen LogP contribution is 1.84. The van der Waals surface area contributed by atoms with E-state index in [0.29, 0.717) is 0 Å². The normalized spacial score (nSPS) is 16.9. The van der Waals surface area contributed by atoms with Gasteiger partial charge in [-0.1, -0.05) is 0 Å². The van der Waals surface area contributed by atoms with Gasteiger partial charge in [-0.2, -0.15) is 13.8 Å². The average Bonchev–Trinajstić information content (AvgIpc) is 2.13. The molecule has 9 heavy (non-hydrogen) atoms. The third-order valence-electron chi connectivity index (χ3n) is 0.798. The first kappa shape index (κ1) is 6.43. The Morgan fingerprint density at radius 1 is 1.78 bits per heavy atom. The van der Waals surface area contributed by atoms with E-state index in [9.17, 15) is 8.42 Å². The molecule has 50 valence electrons. The largest absolute Gasteiger partial charge is 0.526 e. The molecule has 0 amide bonds. The van der Waals surface area contributed by atoms with Crippen LogP contribution in [0.5, 0.6) is 0 Å². The van der Waals surface area contributed by atoms with Gasteiger partial charge >= 0.3 is 0 Å². The Hall–Kier alpha value is -0.690. The van der Waals surface area contributed by atoms with Crippen molar-refractivity contribution in [3.8, 4) is 0 Å². The summed E-state index contributed by atoms with van der Waals surface area (Å²) in [5.74, 6) is 0. The van der Waals surface area contributed by atoms with Crippen LogP contribution in [0.4, 0.5) is 0 Å². The maximum atomic E-state index is 10.2. The van der Waals surface area contributed by atoms with Gasteiger partial charge in [0.15, 0.2) is 6.54 Å². The van der Waals surface area contributed by atoms with Crippen LogP contribution in [0.3, 0.4) is 0 Å². The molecule has 1 aliphatic rings. The zero-order valence-electron chi connectivity index (χ0n) is 4.23. The zero-order valence-corrected chi connectivity index (χ0v) is 5.87. The van der Waals surface area contributed by atoms with E-state index in [1.807, 2.05) is 0 Å². The molecule has 0 atom stereocenters. The predicted octanol–water partition coefficient (Wildman–Crippen LogP) is -1.56. The topological polar surface area (TPSA) is 61.5 Å². The Morgan fingerprint density at radius 2 is 2.44 bits per heavy atom. The van der Waals surface area contributed by atoms with Gasteiger partial charge in [-0.3, -0.25) is 0 Å². The molecule has 0 aromatic heterocycles. The second-order valence-corrected chi connectivity index (χ2v) is 2.62. The quantitative estimate of drug-likeness (QED) is 0.268. The highest BCUT2D eigenvalue weighted by atomic mass is 32.2. The van der Waals surface area contributed by atoms with E-state index in [-0.39, 0.29) is 11.5 Å². The lowest BCUT2D eigenvalue weighted by Crippen LogP contribution is -2.14. The van der Waals surface area contributed by atoms with Crippen LogP contribution in [-0.4, -0.2) is 24.1 Å². The van der Waals surface area contributed by atoms with E-state index in [1.165, 1.54) is 0 Å². The Balaban J connectivity index is 3.16. The molecule has 0 bridgehead atoms. The van der Waals surface area contributed by atoms with E-state index in [4.69, 9.17) is 0 Å². The number of nitrogens with zero attached hydrogens (tertiary/aromatic N) is 2. The molecule has 1 aliphatic heterocycles. The van der Waals surface area contributed by atoms with Gasteiger partial charge in [0.2, 0.25) is 0 Å². The molecule has 0 aromatic rings. The van der Waals surface area contributed by atoms with Crippen LogP contribution in [-0.2, 0) is 23.1 Å². The molecule has 5 nitrogen and oxygen atoms in total. The molecule has 0 fully saturated rings. The standard InChI is InChI=1S/C2H3N3O2S2/c6-9(7)2-1-3-4-5(2)8/h3H,1H2. The van der Waals surface area contributed by atoms with Crippen LogP contribution in [0.25, 0.3) is 0 Å². The second kappa shape index (κ2) is 2.28. The third-order valence-corrected chi connectivity index (χ3v) is 1.92. The SMILES string of the molecule is O=S(=O)=C1CNN=[N+]1[S-]. The molecule has 0 aromatic carbocycles. The maximum absolute atomic E-state index is 10.2. The molecule has 0 aliphatic carbocycles. The van der Waals surface area contributed by atoms with Crippen LogP contribution in [0.1, 0.15) is 0 Å². The van der Waals surface area contributed by atoms with Crippen LogP contribution in [0.15, 0.2) is 5.22 Å². The first-order chi connectivity index (χ1) is 4.22. The molecule has 0 radical (unpaired) electrons. The summed E-state index contributed by atoms with van der Waals surface area (Å²) in [6.45, 7) is 0.194. The minimum absolute atomic E-state index is 0.0880. The summed E-state index contributed by atoms with van der Waals surface area (Å²) in [7, 11) is -2.24. The summed E-state index contributed by atoms with van der Waals surface area (Å²) in [4.78, 5) is 0.0880. The zero-order chi connectivity index (χ0) is 6.85. The van der Waals surface area contributed by atoms with Crippen molar-refractivity contribution in [1.82, 2.24) is 5.43 Å². The molecule has 1 rings (SSSR count). The lowest BCUT2D eigenvalue weighted by atomic mass is 10.7. The van der Waals surface area contributed by atoms with E-state index in [0.717, 1.165) is 4.10 Å². The molecule has 0 saturated heterocycles. The third kappa shape index (κ3) is 1.16. The highest BCUT2D eigenvalue weighted by Gasteiger charge is 2.13. The lowest BCUT2D eigenvalue weighted by molar-refractivity contribution is -0.281. The smallest absolute Gasteiger partial charge is 0.270 e. The molecule has 7 heteroatoms. The molecule has 0 unspecified atom stereocenters. The van der Waals surface area contributed by atoms with Crippen molar-refractivity contribution < 1.29 is 12.5 Å². The summed E-state index contributed by atoms with van der Waals surface area (Å²) in [6, 6.07) is 0. The molecule has 0 saturated carbocycles. The highest BCUT2D eigenvalue weighted by molar-refractivity contribution is 7.73. The predicted molar refractivity (Wildman–Crippen MR) is 32.0 cm³/mol. The monoisotopic (exact) mass is 165 g/mol. The van der Waals surface area contributed by atoms with Gasteiger partial charge < -0.3 is 12.8 Å². The van der Waals surface area contributed by atoms with E-state index in [1.54, 1.807) is 0 Å². The fraction of sp³-hybridized carbons (Fsp3) is 0.500. The summed E-state index contributed by atoms with van der Waals surface area (Å²) in [5.41, 5.74) is 2.42. The van der Waals surface area contributed by atoms with Crippen molar-refractivity contribution in [3.05, 3.63) is 0 Å². The second-order valence-electron chi connectivity index (χ2n) is 1.34. The summed E-state index contributed by atoms with van der Waals surface area (Å²) in [5, 5.41) is 3.41. The van der Waals surface area contributed by atoms with E-state index >= 15 is 0 Å². The number of nitrogens with one attached hydrogen (secondary N) is 1. The van der Waals surface area contributed by atoms with E-state index < -0.39 is 10.3 Å². The minimum atomic E-state index is -2.24. The van der Waals surface area contributed by atoms with Crippen LogP contribution >= 0.6 is 0 Å². The lowest BCUT2D eigenvalue weighted by Gasteiger charge is -1.92. The Morgan fingerprint density at radius 3 is 2.67 bits per heavy atom. The summed E-state index contributed by atoms with van der Waals surface area (Å²) >= 11 is 4.47. The van der Waals surface area contributed by atoms with Gasteiger partial charge in [0.25, 0.3) is 15.3 Å².